The van der Waals surface area contributed by atoms with Crippen LogP contribution in [0.3, 0.4) is 0 Å². The van der Waals surface area contributed by atoms with Gasteiger partial charge in [-0.3, -0.25) is 4.79 Å². The minimum Gasteiger partial charge on any atom is -0.457 e. The molecule has 5 heteroatoms. The second-order valence-corrected chi connectivity index (χ2v) is 6.11. The van der Waals surface area contributed by atoms with Crippen molar-refractivity contribution in [2.75, 3.05) is 0 Å². The van der Waals surface area contributed by atoms with E-state index < -0.39 is 0 Å². The number of benzene rings is 3. The normalized spacial score (nSPS) is 10.6. The Morgan fingerprint density at radius 1 is 0.920 bits per heavy atom. The van der Waals surface area contributed by atoms with Crippen LogP contribution >= 0.6 is 15.9 Å². The summed E-state index contributed by atoms with van der Waals surface area (Å²) < 4.78 is 6.69. The van der Waals surface area contributed by atoms with Crippen LogP contribution in [-0.4, -0.2) is 12.1 Å². The van der Waals surface area contributed by atoms with Crippen molar-refractivity contribution in [2.45, 2.75) is 0 Å². The lowest BCUT2D eigenvalue weighted by Crippen LogP contribution is -2.17. The van der Waals surface area contributed by atoms with E-state index >= 15 is 0 Å². The number of nitrogens with one attached hydrogen (secondary N) is 1. The van der Waals surface area contributed by atoms with Gasteiger partial charge >= 0.3 is 0 Å². The zero-order valence-corrected chi connectivity index (χ0v) is 14.8. The Balaban J connectivity index is 1.62. The lowest BCUT2D eigenvalue weighted by Gasteiger charge is -2.05. The Hall–Kier alpha value is -2.92. The van der Waals surface area contributed by atoms with Crippen LogP contribution in [0.25, 0.3) is 0 Å². The summed E-state index contributed by atoms with van der Waals surface area (Å²) >= 11 is 3.34. The summed E-state index contributed by atoms with van der Waals surface area (Å²) in [6, 6.07) is 24.1. The molecule has 0 saturated heterocycles. The maximum absolute atomic E-state index is 12.0. The van der Waals surface area contributed by atoms with E-state index in [0.29, 0.717) is 11.3 Å². The van der Waals surface area contributed by atoms with E-state index in [0.717, 1.165) is 15.8 Å². The number of amides is 1. The fourth-order valence-corrected chi connectivity index (χ4v) is 2.38. The smallest absolute Gasteiger partial charge is 0.271 e. The van der Waals surface area contributed by atoms with E-state index in [1.54, 1.807) is 18.3 Å². The van der Waals surface area contributed by atoms with Crippen LogP contribution < -0.4 is 10.2 Å². The van der Waals surface area contributed by atoms with Crippen LogP contribution in [0, 0.1) is 0 Å². The summed E-state index contributed by atoms with van der Waals surface area (Å²) in [5.74, 6) is 1.20. The molecule has 0 aliphatic rings. The zero-order chi connectivity index (χ0) is 17.5. The molecular formula is C20H15BrN2O2. The molecule has 1 N–H and O–H groups in total. The van der Waals surface area contributed by atoms with Gasteiger partial charge < -0.3 is 4.74 Å². The number of carbonyl (C=O) groups excluding carboxylic acids is 1. The van der Waals surface area contributed by atoms with Crippen molar-refractivity contribution in [3.05, 3.63) is 94.5 Å². The fourth-order valence-electron chi connectivity index (χ4n) is 2.11. The highest BCUT2D eigenvalue weighted by Crippen LogP contribution is 2.21. The third kappa shape index (κ3) is 5.02. The number of rotatable bonds is 5. The van der Waals surface area contributed by atoms with Crippen LogP contribution in [0.15, 0.2) is 88.4 Å². The highest BCUT2D eigenvalue weighted by molar-refractivity contribution is 9.10. The summed E-state index contributed by atoms with van der Waals surface area (Å²) in [7, 11) is 0. The summed E-state index contributed by atoms with van der Waals surface area (Å²) in [6.07, 6.45) is 1.58. The molecule has 0 aliphatic carbocycles. The molecule has 1 amide bonds. The molecule has 0 atom stereocenters. The summed E-state index contributed by atoms with van der Waals surface area (Å²) in [4.78, 5) is 12.0. The van der Waals surface area contributed by atoms with Crippen molar-refractivity contribution in [2.24, 2.45) is 5.10 Å². The van der Waals surface area contributed by atoms with Gasteiger partial charge in [0, 0.05) is 10.0 Å². The van der Waals surface area contributed by atoms with Gasteiger partial charge in [-0.15, -0.1) is 0 Å². The Bertz CT molecular complexity index is 878. The van der Waals surface area contributed by atoms with Crippen LogP contribution in [0.5, 0.6) is 11.5 Å². The molecule has 0 unspecified atom stereocenters. The summed E-state index contributed by atoms with van der Waals surface area (Å²) in [6.45, 7) is 0. The maximum atomic E-state index is 12.0. The van der Waals surface area contributed by atoms with Crippen LogP contribution in [0.4, 0.5) is 0 Å². The highest BCUT2D eigenvalue weighted by atomic mass is 79.9. The molecule has 0 aromatic heterocycles. The first-order valence-electron chi connectivity index (χ1n) is 7.63. The Morgan fingerprint density at radius 3 is 2.40 bits per heavy atom. The number of halogens is 1. The monoisotopic (exact) mass is 394 g/mol. The van der Waals surface area contributed by atoms with E-state index in [9.17, 15) is 4.79 Å². The topological polar surface area (TPSA) is 50.7 Å². The molecule has 0 aliphatic heterocycles. The van der Waals surface area contributed by atoms with Gasteiger partial charge in [-0.2, -0.15) is 5.10 Å². The average molecular weight is 395 g/mol. The van der Waals surface area contributed by atoms with E-state index in [4.69, 9.17) is 4.74 Å². The Morgan fingerprint density at radius 2 is 1.64 bits per heavy atom. The minimum absolute atomic E-state index is 0.263. The van der Waals surface area contributed by atoms with E-state index in [-0.39, 0.29) is 5.91 Å². The van der Waals surface area contributed by atoms with Crippen LogP contribution in [0.2, 0.25) is 0 Å². The Labute approximate surface area is 154 Å². The second kappa shape index (κ2) is 8.26. The van der Waals surface area contributed by atoms with Gasteiger partial charge in [-0.05, 0) is 54.1 Å². The lowest BCUT2D eigenvalue weighted by molar-refractivity contribution is 0.0955. The number of para-hydroxylation sites is 1. The van der Waals surface area contributed by atoms with E-state index in [2.05, 4.69) is 26.5 Å². The quantitative estimate of drug-likeness (QED) is 0.488. The SMILES string of the molecule is O=C(N/N=C\c1cccc(Oc2ccccc2)c1)c1ccc(Br)cc1. The van der Waals surface area contributed by atoms with Crippen molar-refractivity contribution in [3.63, 3.8) is 0 Å². The predicted octanol–water partition coefficient (Wildman–Crippen LogP) is 5.01. The third-order valence-corrected chi connectivity index (χ3v) is 3.85. The first-order chi connectivity index (χ1) is 12.2. The van der Waals surface area contributed by atoms with Crippen molar-refractivity contribution in [1.29, 1.82) is 0 Å². The molecular weight excluding hydrogens is 380 g/mol. The van der Waals surface area contributed by atoms with Gasteiger partial charge in [-0.25, -0.2) is 5.43 Å². The molecule has 0 radical (unpaired) electrons. The molecule has 124 valence electrons. The van der Waals surface area contributed by atoms with Gasteiger partial charge in [0.2, 0.25) is 0 Å². The highest BCUT2D eigenvalue weighted by Gasteiger charge is 2.03. The first kappa shape index (κ1) is 16.9. The van der Waals surface area contributed by atoms with Gasteiger partial charge in [0.15, 0.2) is 0 Å². The average Bonchev–Trinajstić information content (AvgIpc) is 2.63. The summed E-state index contributed by atoms with van der Waals surface area (Å²) in [5, 5.41) is 4.00. The van der Waals surface area contributed by atoms with Crippen molar-refractivity contribution in [1.82, 2.24) is 5.43 Å². The first-order valence-corrected chi connectivity index (χ1v) is 8.42. The van der Waals surface area contributed by atoms with E-state index in [1.807, 2.05) is 66.7 Å². The maximum Gasteiger partial charge on any atom is 0.271 e. The largest absolute Gasteiger partial charge is 0.457 e. The third-order valence-electron chi connectivity index (χ3n) is 3.32. The number of hydrogen-bond donors (Lipinski definition) is 1. The molecule has 3 rings (SSSR count). The van der Waals surface area contributed by atoms with Crippen molar-refractivity contribution in [3.8, 4) is 11.5 Å². The van der Waals surface area contributed by atoms with Gasteiger partial charge in [0.25, 0.3) is 5.91 Å². The van der Waals surface area contributed by atoms with Gasteiger partial charge in [-0.1, -0.05) is 46.3 Å². The molecule has 25 heavy (non-hydrogen) atoms. The molecule has 0 heterocycles. The number of hydrazone groups is 1. The molecule has 0 saturated carbocycles. The van der Waals surface area contributed by atoms with Gasteiger partial charge in [0.1, 0.15) is 11.5 Å². The van der Waals surface area contributed by atoms with E-state index in [1.165, 1.54) is 0 Å². The standard InChI is InChI=1S/C20H15BrN2O2/c21-17-11-9-16(10-12-17)20(24)23-22-14-15-5-4-8-19(13-15)25-18-6-2-1-3-7-18/h1-14H,(H,23,24)/b22-14-. The van der Waals surface area contributed by atoms with Crippen LogP contribution in [-0.2, 0) is 0 Å². The van der Waals surface area contributed by atoms with Gasteiger partial charge in [0.05, 0.1) is 6.21 Å². The number of ether oxygens (including phenoxy) is 1. The zero-order valence-electron chi connectivity index (χ0n) is 13.2. The molecule has 0 fully saturated rings. The molecule has 4 nitrogen and oxygen atoms in total. The molecule has 3 aromatic rings. The molecule has 3 aromatic carbocycles. The number of hydrogen-bond acceptors (Lipinski definition) is 3. The van der Waals surface area contributed by atoms with Crippen LogP contribution in [0.1, 0.15) is 15.9 Å². The minimum atomic E-state index is -0.263. The molecule has 0 spiro atoms. The number of carbonyl (C=O) groups is 1. The number of nitrogens with zero attached hydrogens (tertiary/aromatic N) is 1. The lowest BCUT2D eigenvalue weighted by atomic mass is 10.2. The fraction of sp³-hybridized carbons (Fsp3) is 0. The Kier molecular flexibility index (Phi) is 5.59. The van der Waals surface area contributed by atoms with Crippen molar-refractivity contribution < 1.29 is 9.53 Å². The predicted molar refractivity (Wildman–Crippen MR) is 102 cm³/mol. The summed E-state index contributed by atoms with van der Waals surface area (Å²) in [5.41, 5.74) is 3.88. The van der Waals surface area contributed by atoms with Crippen molar-refractivity contribution >= 4 is 28.1 Å². The second-order valence-electron chi connectivity index (χ2n) is 5.19. The molecule has 0 bridgehead atoms.